The second kappa shape index (κ2) is 8.56. The molecular weight excluding hydrogens is 388 g/mol. The first kappa shape index (κ1) is 19.9. The highest BCUT2D eigenvalue weighted by molar-refractivity contribution is 6.30. The van der Waals surface area contributed by atoms with Crippen LogP contribution in [0.1, 0.15) is 36.5 Å². The zero-order valence-corrected chi connectivity index (χ0v) is 17.3. The largest absolute Gasteiger partial charge is 0.461 e. The molecule has 1 saturated heterocycles. The maximum atomic E-state index is 11.1. The standard InChI is InChI=1S/C23H25ClN2O3/c1-17(14-18-6-8-20(24)9-7-18)29-22(25-16-27)26-12-10-23(11-13-26)21-5-3-2-4-19(21)15-28-23/h2-9,16-17H,10-15H2,1H3. The van der Waals surface area contributed by atoms with Gasteiger partial charge < -0.3 is 14.4 Å². The van der Waals surface area contributed by atoms with Gasteiger partial charge in [0, 0.05) is 24.5 Å². The number of hydrogen-bond acceptors (Lipinski definition) is 3. The molecule has 2 aromatic rings. The molecule has 2 heterocycles. The maximum absolute atomic E-state index is 11.1. The van der Waals surface area contributed by atoms with Gasteiger partial charge in [-0.05, 0) is 48.6 Å². The van der Waals surface area contributed by atoms with E-state index in [1.807, 2.05) is 36.1 Å². The minimum atomic E-state index is -0.228. The molecule has 1 spiro atoms. The summed E-state index contributed by atoms with van der Waals surface area (Å²) in [4.78, 5) is 17.1. The molecule has 0 aliphatic carbocycles. The Morgan fingerprint density at radius 1 is 1.24 bits per heavy atom. The Hall–Kier alpha value is -2.37. The number of amidine groups is 1. The zero-order valence-electron chi connectivity index (χ0n) is 16.5. The van der Waals surface area contributed by atoms with Crippen LogP contribution in [0.15, 0.2) is 53.5 Å². The lowest BCUT2D eigenvalue weighted by Gasteiger charge is -2.40. The van der Waals surface area contributed by atoms with Gasteiger partial charge in [0.05, 0.1) is 12.2 Å². The minimum absolute atomic E-state index is 0.116. The second-order valence-corrected chi connectivity index (χ2v) is 8.14. The van der Waals surface area contributed by atoms with E-state index in [2.05, 4.69) is 29.3 Å². The molecule has 2 aliphatic rings. The average molecular weight is 413 g/mol. The number of ether oxygens (including phenoxy) is 2. The smallest absolute Gasteiger partial charge is 0.295 e. The molecule has 0 bridgehead atoms. The molecule has 2 aromatic carbocycles. The summed E-state index contributed by atoms with van der Waals surface area (Å²) in [7, 11) is 0. The van der Waals surface area contributed by atoms with Crippen LogP contribution in [0.3, 0.4) is 0 Å². The molecule has 2 aliphatic heterocycles. The van der Waals surface area contributed by atoms with Gasteiger partial charge in [-0.25, -0.2) is 0 Å². The minimum Gasteiger partial charge on any atom is -0.461 e. The van der Waals surface area contributed by atoms with Crippen LogP contribution in [-0.4, -0.2) is 36.5 Å². The number of benzene rings is 2. The van der Waals surface area contributed by atoms with E-state index in [9.17, 15) is 4.79 Å². The van der Waals surface area contributed by atoms with Crippen LogP contribution >= 0.6 is 11.6 Å². The number of amides is 1. The van der Waals surface area contributed by atoms with Crippen molar-refractivity contribution in [2.24, 2.45) is 4.99 Å². The number of piperidine rings is 1. The predicted molar refractivity (Wildman–Crippen MR) is 113 cm³/mol. The van der Waals surface area contributed by atoms with Crippen molar-refractivity contribution in [2.45, 2.75) is 44.5 Å². The van der Waals surface area contributed by atoms with E-state index in [-0.39, 0.29) is 11.7 Å². The normalized spacial score (nSPS) is 19.1. The van der Waals surface area contributed by atoms with Crippen molar-refractivity contribution >= 4 is 24.0 Å². The molecule has 29 heavy (non-hydrogen) atoms. The second-order valence-electron chi connectivity index (χ2n) is 7.70. The summed E-state index contributed by atoms with van der Waals surface area (Å²) in [6, 6.07) is 16.5. The lowest BCUT2D eigenvalue weighted by molar-refractivity contribution is -0.107. The van der Waals surface area contributed by atoms with E-state index in [4.69, 9.17) is 21.1 Å². The third-order valence-electron chi connectivity index (χ3n) is 5.76. The molecule has 5 nitrogen and oxygen atoms in total. The SMILES string of the molecule is CC(Cc1ccc(Cl)cc1)OC(=NC=O)N1CCC2(CC1)OCc1ccccc12. The van der Waals surface area contributed by atoms with Gasteiger partial charge >= 0.3 is 0 Å². The molecule has 152 valence electrons. The molecule has 1 atom stereocenters. The molecule has 6 heteroatoms. The lowest BCUT2D eigenvalue weighted by atomic mass is 9.84. The third-order valence-corrected chi connectivity index (χ3v) is 6.01. The maximum Gasteiger partial charge on any atom is 0.295 e. The van der Waals surface area contributed by atoms with Crippen LogP contribution < -0.4 is 0 Å². The van der Waals surface area contributed by atoms with E-state index in [1.54, 1.807) is 0 Å². The Morgan fingerprint density at radius 3 is 2.69 bits per heavy atom. The number of likely N-dealkylation sites (tertiary alicyclic amines) is 1. The topological polar surface area (TPSA) is 51.1 Å². The molecular formula is C23H25ClN2O3. The van der Waals surface area contributed by atoms with E-state index in [1.165, 1.54) is 11.1 Å². The molecule has 4 rings (SSSR count). The Bertz CT molecular complexity index is 889. The van der Waals surface area contributed by atoms with Gasteiger partial charge in [-0.15, -0.1) is 0 Å². The number of halogens is 1. The van der Waals surface area contributed by atoms with Gasteiger partial charge in [-0.1, -0.05) is 48.0 Å². The van der Waals surface area contributed by atoms with Crippen LogP contribution in [-0.2, 0) is 32.9 Å². The quantitative estimate of drug-likeness (QED) is 0.426. The van der Waals surface area contributed by atoms with Crippen molar-refractivity contribution in [3.8, 4) is 0 Å². The van der Waals surface area contributed by atoms with Gasteiger partial charge in [0.2, 0.25) is 6.41 Å². The number of carbonyl (C=O) groups excluding carboxylic acids is 1. The first-order valence-corrected chi connectivity index (χ1v) is 10.4. The Morgan fingerprint density at radius 2 is 1.97 bits per heavy atom. The molecule has 1 fully saturated rings. The van der Waals surface area contributed by atoms with Crippen molar-refractivity contribution < 1.29 is 14.3 Å². The fraction of sp³-hybridized carbons (Fsp3) is 0.391. The van der Waals surface area contributed by atoms with Crippen molar-refractivity contribution in [3.05, 3.63) is 70.2 Å². The Labute approximate surface area is 176 Å². The van der Waals surface area contributed by atoms with Crippen molar-refractivity contribution in [3.63, 3.8) is 0 Å². The molecule has 0 radical (unpaired) electrons. The summed E-state index contributed by atoms with van der Waals surface area (Å²) in [6.45, 7) is 4.11. The number of fused-ring (bicyclic) bond motifs is 2. The fourth-order valence-corrected chi connectivity index (χ4v) is 4.39. The van der Waals surface area contributed by atoms with Gasteiger partial charge in [0.25, 0.3) is 6.02 Å². The molecule has 1 unspecified atom stereocenters. The van der Waals surface area contributed by atoms with Gasteiger partial charge in [-0.2, -0.15) is 4.99 Å². The summed E-state index contributed by atoms with van der Waals surface area (Å²) >= 11 is 5.95. The monoisotopic (exact) mass is 412 g/mol. The zero-order chi connectivity index (χ0) is 20.3. The van der Waals surface area contributed by atoms with Crippen LogP contribution in [0.5, 0.6) is 0 Å². The number of rotatable bonds is 4. The Kier molecular flexibility index (Phi) is 5.88. The highest BCUT2D eigenvalue weighted by atomic mass is 35.5. The first-order chi connectivity index (χ1) is 14.1. The molecule has 0 saturated carbocycles. The van der Waals surface area contributed by atoms with Crippen LogP contribution in [0.2, 0.25) is 5.02 Å². The van der Waals surface area contributed by atoms with E-state index >= 15 is 0 Å². The summed E-state index contributed by atoms with van der Waals surface area (Å²) < 4.78 is 12.3. The Balaban J connectivity index is 1.39. The van der Waals surface area contributed by atoms with E-state index < -0.39 is 0 Å². The van der Waals surface area contributed by atoms with Crippen LogP contribution in [0, 0.1) is 0 Å². The predicted octanol–water partition coefficient (Wildman–Crippen LogP) is 4.32. The fourth-order valence-electron chi connectivity index (χ4n) is 4.26. The van der Waals surface area contributed by atoms with Crippen LogP contribution in [0.4, 0.5) is 0 Å². The summed E-state index contributed by atoms with van der Waals surface area (Å²) in [5.41, 5.74) is 3.47. The van der Waals surface area contributed by atoms with Crippen molar-refractivity contribution in [2.75, 3.05) is 13.1 Å². The molecule has 1 amide bonds. The number of hydrogen-bond donors (Lipinski definition) is 0. The van der Waals surface area contributed by atoms with Gasteiger partial charge in [-0.3, -0.25) is 4.79 Å². The number of aliphatic imine (C=N–C) groups is 1. The summed E-state index contributed by atoms with van der Waals surface area (Å²) in [6.07, 6.45) is 2.83. The summed E-state index contributed by atoms with van der Waals surface area (Å²) in [5, 5.41) is 0.712. The average Bonchev–Trinajstić information content (AvgIpc) is 3.08. The van der Waals surface area contributed by atoms with Crippen molar-refractivity contribution in [1.82, 2.24) is 4.90 Å². The van der Waals surface area contributed by atoms with E-state index in [0.717, 1.165) is 31.5 Å². The molecule has 0 aromatic heterocycles. The van der Waals surface area contributed by atoms with Gasteiger partial charge in [0.15, 0.2) is 0 Å². The van der Waals surface area contributed by atoms with E-state index in [0.29, 0.717) is 30.5 Å². The lowest BCUT2D eigenvalue weighted by Crippen LogP contribution is -2.46. The van der Waals surface area contributed by atoms with Gasteiger partial charge in [0.1, 0.15) is 6.10 Å². The third kappa shape index (κ3) is 4.31. The highest BCUT2D eigenvalue weighted by Crippen LogP contribution is 2.44. The summed E-state index contributed by atoms with van der Waals surface area (Å²) in [5.74, 6) is 0. The van der Waals surface area contributed by atoms with Crippen LogP contribution in [0.25, 0.3) is 0 Å². The number of carbonyl (C=O) groups is 1. The highest BCUT2D eigenvalue weighted by Gasteiger charge is 2.43. The first-order valence-electron chi connectivity index (χ1n) is 9.99. The number of nitrogens with zero attached hydrogens (tertiary/aromatic N) is 2. The van der Waals surface area contributed by atoms with Crippen molar-refractivity contribution in [1.29, 1.82) is 0 Å². The molecule has 0 N–H and O–H groups in total.